The van der Waals surface area contributed by atoms with Crippen molar-refractivity contribution in [1.29, 1.82) is 0 Å². The summed E-state index contributed by atoms with van der Waals surface area (Å²) in [6, 6.07) is 5.43. The van der Waals surface area contributed by atoms with Gasteiger partial charge in [0.05, 0.1) is 12.8 Å². The topological polar surface area (TPSA) is 79.9 Å². The highest BCUT2D eigenvalue weighted by atomic mass is 35.5. The summed E-state index contributed by atoms with van der Waals surface area (Å²) in [7, 11) is 1.62. The van der Waals surface area contributed by atoms with Crippen LogP contribution < -0.4 is 15.8 Å². The van der Waals surface area contributed by atoms with E-state index in [-0.39, 0.29) is 5.84 Å². The SMILES string of the molecule is COc1ccc(Cl)cc1NCCCC/C(N)=N/O. The van der Waals surface area contributed by atoms with Crippen molar-refractivity contribution in [3.05, 3.63) is 23.2 Å². The third-order valence-corrected chi connectivity index (χ3v) is 2.70. The van der Waals surface area contributed by atoms with E-state index < -0.39 is 0 Å². The molecule has 0 saturated carbocycles. The number of ether oxygens (including phenoxy) is 1. The van der Waals surface area contributed by atoms with Gasteiger partial charge in [0.2, 0.25) is 0 Å². The molecule has 4 N–H and O–H groups in total. The van der Waals surface area contributed by atoms with Gasteiger partial charge in [-0.2, -0.15) is 0 Å². The fourth-order valence-corrected chi connectivity index (χ4v) is 1.69. The molecule has 0 fully saturated rings. The number of benzene rings is 1. The number of amidine groups is 1. The molecule has 1 aromatic carbocycles. The highest BCUT2D eigenvalue weighted by molar-refractivity contribution is 6.30. The van der Waals surface area contributed by atoms with Gasteiger partial charge < -0.3 is 21.0 Å². The van der Waals surface area contributed by atoms with Crippen molar-refractivity contribution >= 4 is 23.1 Å². The van der Waals surface area contributed by atoms with Gasteiger partial charge in [-0.1, -0.05) is 16.8 Å². The molecule has 0 aliphatic carbocycles. The standard InChI is InChI=1S/C12H18ClN3O2/c1-18-11-6-5-9(13)8-10(11)15-7-3-2-4-12(14)16-17/h5-6,8,15,17H,2-4,7H2,1H3,(H2,14,16). The Hall–Kier alpha value is -1.62. The fraction of sp³-hybridized carbons (Fsp3) is 0.417. The lowest BCUT2D eigenvalue weighted by atomic mass is 10.2. The van der Waals surface area contributed by atoms with Crippen LogP contribution in [0.1, 0.15) is 19.3 Å². The number of rotatable bonds is 7. The molecule has 0 atom stereocenters. The third kappa shape index (κ3) is 4.71. The van der Waals surface area contributed by atoms with Crippen molar-refractivity contribution in [3.63, 3.8) is 0 Å². The Labute approximate surface area is 112 Å². The number of anilines is 1. The molecule has 100 valence electrons. The van der Waals surface area contributed by atoms with Crippen LogP contribution in [0.3, 0.4) is 0 Å². The maximum Gasteiger partial charge on any atom is 0.142 e. The van der Waals surface area contributed by atoms with E-state index in [1.807, 2.05) is 12.1 Å². The highest BCUT2D eigenvalue weighted by Crippen LogP contribution is 2.27. The van der Waals surface area contributed by atoms with E-state index in [9.17, 15) is 0 Å². The fourth-order valence-electron chi connectivity index (χ4n) is 1.52. The van der Waals surface area contributed by atoms with Crippen molar-refractivity contribution < 1.29 is 9.94 Å². The lowest BCUT2D eigenvalue weighted by Crippen LogP contribution is -2.12. The number of nitrogens with zero attached hydrogens (tertiary/aromatic N) is 1. The van der Waals surface area contributed by atoms with E-state index >= 15 is 0 Å². The quantitative estimate of drug-likeness (QED) is 0.234. The minimum Gasteiger partial charge on any atom is -0.495 e. The molecular formula is C12H18ClN3O2. The molecule has 0 heterocycles. The van der Waals surface area contributed by atoms with Gasteiger partial charge >= 0.3 is 0 Å². The first-order valence-corrected chi connectivity index (χ1v) is 6.09. The van der Waals surface area contributed by atoms with Crippen molar-refractivity contribution in [2.75, 3.05) is 19.0 Å². The zero-order valence-electron chi connectivity index (χ0n) is 10.3. The smallest absolute Gasteiger partial charge is 0.142 e. The summed E-state index contributed by atoms with van der Waals surface area (Å²) in [5.74, 6) is 1.02. The van der Waals surface area contributed by atoms with Crippen LogP contribution in [0, 0.1) is 0 Å². The van der Waals surface area contributed by atoms with Crippen molar-refractivity contribution in [2.24, 2.45) is 10.9 Å². The first kappa shape index (κ1) is 14.4. The van der Waals surface area contributed by atoms with Crippen LogP contribution in [0.5, 0.6) is 5.75 Å². The molecule has 0 radical (unpaired) electrons. The zero-order chi connectivity index (χ0) is 13.4. The predicted octanol–water partition coefficient (Wildman–Crippen LogP) is 2.68. The lowest BCUT2D eigenvalue weighted by molar-refractivity contribution is 0.316. The lowest BCUT2D eigenvalue weighted by Gasteiger charge is -2.11. The molecule has 18 heavy (non-hydrogen) atoms. The Morgan fingerprint density at radius 2 is 2.28 bits per heavy atom. The molecule has 0 saturated heterocycles. The Morgan fingerprint density at radius 3 is 2.94 bits per heavy atom. The van der Waals surface area contributed by atoms with Gasteiger partial charge in [-0.15, -0.1) is 0 Å². The first-order chi connectivity index (χ1) is 8.67. The van der Waals surface area contributed by atoms with Gasteiger partial charge in [-0.3, -0.25) is 0 Å². The number of oxime groups is 1. The van der Waals surface area contributed by atoms with Gasteiger partial charge in [0, 0.05) is 18.0 Å². The number of methoxy groups -OCH3 is 1. The van der Waals surface area contributed by atoms with Crippen LogP contribution in [0.4, 0.5) is 5.69 Å². The number of halogens is 1. The van der Waals surface area contributed by atoms with Crippen molar-refractivity contribution in [2.45, 2.75) is 19.3 Å². The van der Waals surface area contributed by atoms with E-state index in [1.165, 1.54) is 0 Å². The van der Waals surface area contributed by atoms with Gasteiger partial charge in [-0.05, 0) is 31.0 Å². The maximum atomic E-state index is 8.38. The van der Waals surface area contributed by atoms with E-state index in [0.717, 1.165) is 30.8 Å². The summed E-state index contributed by atoms with van der Waals surface area (Å²) in [6.07, 6.45) is 2.35. The van der Waals surface area contributed by atoms with Gasteiger partial charge in [0.1, 0.15) is 11.6 Å². The Morgan fingerprint density at radius 1 is 1.50 bits per heavy atom. The largest absolute Gasteiger partial charge is 0.495 e. The van der Waals surface area contributed by atoms with Gasteiger partial charge in [0.15, 0.2) is 0 Å². The highest BCUT2D eigenvalue weighted by Gasteiger charge is 2.02. The molecule has 0 bridgehead atoms. The molecule has 5 nitrogen and oxygen atoms in total. The number of hydrogen-bond donors (Lipinski definition) is 3. The minimum atomic E-state index is 0.260. The molecule has 0 unspecified atom stereocenters. The van der Waals surface area contributed by atoms with Crippen LogP contribution in [-0.4, -0.2) is 24.7 Å². The van der Waals surface area contributed by atoms with Crippen LogP contribution in [0.2, 0.25) is 5.02 Å². The summed E-state index contributed by atoms with van der Waals surface area (Å²) in [6.45, 7) is 0.773. The second-order valence-electron chi connectivity index (χ2n) is 3.82. The molecule has 0 amide bonds. The minimum absolute atomic E-state index is 0.260. The van der Waals surface area contributed by atoms with Crippen molar-refractivity contribution in [3.8, 4) is 5.75 Å². The van der Waals surface area contributed by atoms with E-state index in [1.54, 1.807) is 13.2 Å². The first-order valence-electron chi connectivity index (χ1n) is 5.71. The summed E-state index contributed by atoms with van der Waals surface area (Å²) in [5, 5.41) is 15.2. The third-order valence-electron chi connectivity index (χ3n) is 2.47. The van der Waals surface area contributed by atoms with Crippen LogP contribution in [0.15, 0.2) is 23.4 Å². The summed E-state index contributed by atoms with van der Waals surface area (Å²) in [5.41, 5.74) is 6.24. The normalized spacial score (nSPS) is 11.3. The molecule has 0 spiro atoms. The van der Waals surface area contributed by atoms with E-state index in [2.05, 4.69) is 10.5 Å². The zero-order valence-corrected chi connectivity index (χ0v) is 11.1. The molecule has 1 aromatic rings. The Kier molecular flexibility index (Phi) is 6.14. The number of unbranched alkanes of at least 4 members (excludes halogenated alkanes) is 1. The summed E-state index contributed by atoms with van der Waals surface area (Å²) < 4.78 is 5.22. The van der Waals surface area contributed by atoms with Crippen molar-refractivity contribution in [1.82, 2.24) is 0 Å². The Balaban J connectivity index is 2.37. The molecule has 0 aromatic heterocycles. The van der Waals surface area contributed by atoms with E-state index in [4.69, 9.17) is 27.3 Å². The molecule has 0 aliphatic rings. The second kappa shape index (κ2) is 7.66. The monoisotopic (exact) mass is 271 g/mol. The Bertz CT molecular complexity index is 410. The van der Waals surface area contributed by atoms with Gasteiger partial charge in [-0.25, -0.2) is 0 Å². The second-order valence-corrected chi connectivity index (χ2v) is 4.26. The van der Waals surface area contributed by atoms with Crippen LogP contribution in [0.25, 0.3) is 0 Å². The molecule has 6 heteroatoms. The average Bonchev–Trinajstić information content (AvgIpc) is 2.38. The predicted molar refractivity (Wildman–Crippen MR) is 73.8 cm³/mol. The maximum absolute atomic E-state index is 8.38. The van der Waals surface area contributed by atoms with Gasteiger partial charge in [0.25, 0.3) is 0 Å². The van der Waals surface area contributed by atoms with E-state index in [0.29, 0.717) is 11.4 Å². The number of nitrogens with one attached hydrogen (secondary N) is 1. The summed E-state index contributed by atoms with van der Waals surface area (Å²) >= 11 is 5.92. The van der Waals surface area contributed by atoms with Crippen LogP contribution >= 0.6 is 11.6 Å². The number of hydrogen-bond acceptors (Lipinski definition) is 4. The molecule has 0 aliphatic heterocycles. The molecule has 1 rings (SSSR count). The average molecular weight is 272 g/mol. The summed E-state index contributed by atoms with van der Waals surface area (Å²) in [4.78, 5) is 0. The molecular weight excluding hydrogens is 254 g/mol. The van der Waals surface area contributed by atoms with Crippen LogP contribution in [-0.2, 0) is 0 Å². The number of nitrogens with two attached hydrogens (primary N) is 1.